The minimum absolute atomic E-state index is 0.390. The molecule has 0 saturated carbocycles. The fraction of sp³-hybridized carbons (Fsp3) is 0.588. The lowest BCUT2D eigenvalue weighted by molar-refractivity contribution is 0.0853. The van der Waals surface area contributed by atoms with E-state index in [0.717, 1.165) is 58.1 Å². The summed E-state index contributed by atoms with van der Waals surface area (Å²) in [4.78, 5) is 7.89. The first-order valence-corrected chi connectivity index (χ1v) is 15.5. The van der Waals surface area contributed by atoms with Crippen LogP contribution in [0.1, 0.15) is 77.0 Å². The minimum Gasteiger partial charge on any atom is -0.371 e. The first-order chi connectivity index (χ1) is 19.6. The average molecular weight is 569 g/mol. The fourth-order valence-electron chi connectivity index (χ4n) is 7.26. The molecule has 0 radical (unpaired) electrons. The van der Waals surface area contributed by atoms with Crippen molar-refractivity contribution < 1.29 is 13.2 Å². The Labute approximate surface area is 243 Å². The number of H-pyrrole nitrogens is 1. The summed E-state index contributed by atoms with van der Waals surface area (Å²) in [5.41, 5.74) is 3.86. The number of nitrogens with zero attached hydrogens (tertiary/aromatic N) is 2. The van der Waals surface area contributed by atoms with Gasteiger partial charge in [0.15, 0.2) is 0 Å². The highest BCUT2D eigenvalue weighted by atomic mass is 19.1. The molecule has 4 heterocycles. The standard InChI is InChI=1S/C18H26F2N2.C16H21FN2/c19-15-12-16(20)14-17(13-15)22-10-3-6-18(7-11-22)4-1-8-21-9-2-5-18;1-11-8-13-12-6-4-5-7-14(12)18-15(13)9-19(11)10-16(2,3)17/h12-14,21H,1-11H2;4-7,11,18H,8-10H2,1-3H3. The van der Waals surface area contributed by atoms with Crippen LogP contribution in [-0.4, -0.2) is 54.3 Å². The largest absolute Gasteiger partial charge is 0.371 e. The van der Waals surface area contributed by atoms with Crippen LogP contribution in [-0.2, 0) is 13.0 Å². The maximum absolute atomic E-state index is 13.9. The van der Waals surface area contributed by atoms with E-state index in [9.17, 15) is 13.2 Å². The topological polar surface area (TPSA) is 34.3 Å². The Balaban J connectivity index is 0.000000166. The summed E-state index contributed by atoms with van der Waals surface area (Å²) in [6.45, 7) is 10.9. The van der Waals surface area contributed by atoms with E-state index in [4.69, 9.17) is 0 Å². The number of halogens is 3. The molecule has 1 atom stereocenters. The van der Waals surface area contributed by atoms with E-state index in [1.54, 1.807) is 13.8 Å². The molecule has 0 amide bonds. The van der Waals surface area contributed by atoms with E-state index in [1.165, 1.54) is 66.4 Å². The quantitative estimate of drug-likeness (QED) is 0.339. The molecule has 4 nitrogen and oxygen atoms in total. The Bertz CT molecular complexity index is 1270. The van der Waals surface area contributed by atoms with Crippen molar-refractivity contribution in [2.75, 3.05) is 37.6 Å². The van der Waals surface area contributed by atoms with Crippen LogP contribution in [0.15, 0.2) is 42.5 Å². The van der Waals surface area contributed by atoms with Gasteiger partial charge in [0, 0.05) is 60.6 Å². The molecular weight excluding hydrogens is 521 g/mol. The van der Waals surface area contributed by atoms with E-state index in [2.05, 4.69) is 51.3 Å². The fourth-order valence-corrected chi connectivity index (χ4v) is 7.26. The molecule has 224 valence electrons. The number of hydrogen-bond donors (Lipinski definition) is 2. The van der Waals surface area contributed by atoms with E-state index in [-0.39, 0.29) is 0 Å². The Kier molecular flexibility index (Phi) is 9.34. The summed E-state index contributed by atoms with van der Waals surface area (Å²) in [7, 11) is 0. The van der Waals surface area contributed by atoms with Gasteiger partial charge in [-0.3, -0.25) is 4.90 Å². The van der Waals surface area contributed by atoms with Crippen LogP contribution in [0.3, 0.4) is 0 Å². The van der Waals surface area contributed by atoms with Crippen molar-refractivity contribution in [1.82, 2.24) is 15.2 Å². The Hall–Kier alpha value is -2.51. The molecule has 1 aromatic heterocycles. The summed E-state index contributed by atoms with van der Waals surface area (Å²) >= 11 is 0. The van der Waals surface area contributed by atoms with Gasteiger partial charge in [0.25, 0.3) is 0 Å². The van der Waals surface area contributed by atoms with Gasteiger partial charge in [-0.25, -0.2) is 13.2 Å². The number of alkyl halides is 1. The maximum Gasteiger partial charge on any atom is 0.128 e. The van der Waals surface area contributed by atoms with Gasteiger partial charge in [0.1, 0.15) is 17.3 Å². The van der Waals surface area contributed by atoms with Gasteiger partial charge < -0.3 is 15.2 Å². The lowest BCUT2D eigenvalue weighted by Gasteiger charge is -2.36. The SMILES string of the molecule is CC1Cc2c([nH]c3ccccc23)CN1CC(C)(C)F.Fc1cc(F)cc(N2CCCC3(CCCNCCC3)CC2)c1. The van der Waals surface area contributed by atoms with Crippen LogP contribution in [0.4, 0.5) is 18.9 Å². The first-order valence-electron chi connectivity index (χ1n) is 15.5. The van der Waals surface area contributed by atoms with Crippen LogP contribution >= 0.6 is 0 Å². The lowest BCUT2D eigenvalue weighted by Crippen LogP contribution is -2.44. The normalized spacial score (nSPS) is 21.9. The van der Waals surface area contributed by atoms with Gasteiger partial charge in [-0.2, -0.15) is 0 Å². The predicted octanol–water partition coefficient (Wildman–Crippen LogP) is 7.77. The average Bonchev–Trinajstić information content (AvgIpc) is 3.10. The monoisotopic (exact) mass is 568 g/mol. The summed E-state index contributed by atoms with van der Waals surface area (Å²) in [6, 6.07) is 12.7. The van der Waals surface area contributed by atoms with E-state index in [0.29, 0.717) is 23.7 Å². The molecule has 2 N–H and O–H groups in total. The third kappa shape index (κ3) is 7.66. The van der Waals surface area contributed by atoms with Crippen LogP contribution in [0.25, 0.3) is 10.9 Å². The summed E-state index contributed by atoms with van der Waals surface area (Å²) in [5, 5.41) is 4.80. The minimum atomic E-state index is -1.14. The number of para-hydroxylation sites is 1. The van der Waals surface area contributed by atoms with Crippen molar-refractivity contribution in [2.45, 2.75) is 90.4 Å². The second-order valence-corrected chi connectivity index (χ2v) is 13.2. The van der Waals surface area contributed by atoms with Crippen molar-refractivity contribution >= 4 is 16.6 Å². The van der Waals surface area contributed by atoms with E-state index >= 15 is 0 Å². The van der Waals surface area contributed by atoms with Crippen molar-refractivity contribution in [3.63, 3.8) is 0 Å². The van der Waals surface area contributed by atoms with Gasteiger partial charge in [0.05, 0.1) is 0 Å². The molecule has 2 fully saturated rings. The van der Waals surface area contributed by atoms with Crippen molar-refractivity contribution in [3.05, 3.63) is 65.4 Å². The zero-order chi connectivity index (χ0) is 29.0. The van der Waals surface area contributed by atoms with E-state index in [1.807, 2.05) is 0 Å². The number of aromatic nitrogens is 1. The molecule has 3 aliphatic heterocycles. The lowest BCUT2D eigenvalue weighted by atomic mass is 9.73. The Morgan fingerprint density at radius 1 is 0.927 bits per heavy atom. The third-order valence-corrected chi connectivity index (χ3v) is 9.35. The number of hydrogen-bond acceptors (Lipinski definition) is 3. The second kappa shape index (κ2) is 12.8. The highest BCUT2D eigenvalue weighted by Gasteiger charge is 2.33. The van der Waals surface area contributed by atoms with Gasteiger partial charge >= 0.3 is 0 Å². The smallest absolute Gasteiger partial charge is 0.128 e. The molecule has 3 aliphatic rings. The summed E-state index contributed by atoms with van der Waals surface area (Å²) in [6.07, 6.45) is 9.56. The molecule has 0 bridgehead atoms. The number of anilines is 1. The second-order valence-electron chi connectivity index (χ2n) is 13.2. The molecule has 2 saturated heterocycles. The zero-order valence-electron chi connectivity index (χ0n) is 25.0. The molecule has 0 aliphatic carbocycles. The number of fused-ring (bicyclic) bond motifs is 3. The molecule has 3 aromatic rings. The summed E-state index contributed by atoms with van der Waals surface area (Å²) < 4.78 is 40.8. The van der Waals surface area contributed by atoms with Crippen LogP contribution in [0.5, 0.6) is 0 Å². The highest BCUT2D eigenvalue weighted by Crippen LogP contribution is 2.41. The maximum atomic E-state index is 13.9. The Morgan fingerprint density at radius 3 is 2.32 bits per heavy atom. The van der Waals surface area contributed by atoms with Crippen LogP contribution < -0.4 is 10.2 Å². The molecule has 1 unspecified atom stereocenters. The molecule has 7 heteroatoms. The first kappa shape index (κ1) is 30.0. The van der Waals surface area contributed by atoms with Crippen molar-refractivity contribution in [1.29, 1.82) is 0 Å². The van der Waals surface area contributed by atoms with Crippen molar-refractivity contribution in [2.24, 2.45) is 5.41 Å². The van der Waals surface area contributed by atoms with Crippen molar-refractivity contribution in [3.8, 4) is 0 Å². The number of rotatable bonds is 3. The summed E-state index contributed by atoms with van der Waals surface area (Å²) in [5.74, 6) is -0.961. The van der Waals surface area contributed by atoms with E-state index < -0.39 is 17.3 Å². The zero-order valence-corrected chi connectivity index (χ0v) is 25.0. The van der Waals surface area contributed by atoms with Crippen LogP contribution in [0, 0.1) is 17.0 Å². The highest BCUT2D eigenvalue weighted by molar-refractivity contribution is 5.84. The van der Waals surface area contributed by atoms with Crippen LogP contribution in [0.2, 0.25) is 0 Å². The molecule has 1 spiro atoms. The molecule has 41 heavy (non-hydrogen) atoms. The van der Waals surface area contributed by atoms with Gasteiger partial charge in [-0.15, -0.1) is 0 Å². The number of aromatic amines is 1. The number of nitrogens with one attached hydrogen (secondary N) is 2. The van der Waals surface area contributed by atoms with Gasteiger partial charge in [0.2, 0.25) is 0 Å². The molecular formula is C34H47F3N4. The molecule has 6 rings (SSSR count). The number of benzene rings is 2. The van der Waals surface area contributed by atoms with Gasteiger partial charge in [-0.05, 0) is 114 Å². The van der Waals surface area contributed by atoms with Gasteiger partial charge in [-0.1, -0.05) is 18.2 Å². The molecule has 2 aromatic carbocycles. The predicted molar refractivity (Wildman–Crippen MR) is 163 cm³/mol. The third-order valence-electron chi connectivity index (χ3n) is 9.35. The Morgan fingerprint density at radius 2 is 1.61 bits per heavy atom.